The van der Waals surface area contributed by atoms with Gasteiger partial charge in [-0.2, -0.15) is 5.10 Å². The summed E-state index contributed by atoms with van der Waals surface area (Å²) in [7, 11) is 0. The van der Waals surface area contributed by atoms with Gasteiger partial charge in [-0.1, -0.05) is 6.07 Å². The monoisotopic (exact) mass is 242 g/mol. The zero-order valence-corrected chi connectivity index (χ0v) is 10.2. The highest BCUT2D eigenvalue weighted by Crippen LogP contribution is 2.23. The summed E-state index contributed by atoms with van der Waals surface area (Å²) in [6.07, 6.45) is -0.589. The molecule has 1 atom stereocenters. The number of aliphatic hydroxyl groups excluding tert-OH is 1. The van der Waals surface area contributed by atoms with Crippen LogP contribution in [0.25, 0.3) is 22.3 Å². The molecule has 0 unspecified atom stereocenters. The maximum Gasteiger partial charge on any atom is 0.135 e. The van der Waals surface area contributed by atoms with E-state index in [1.54, 1.807) is 6.92 Å². The Balaban J connectivity index is 2.10. The maximum atomic E-state index is 9.50. The molecule has 0 bridgehead atoms. The third kappa shape index (κ3) is 1.78. The first-order valence-corrected chi connectivity index (χ1v) is 5.83. The number of aryl methyl sites for hydroxylation is 1. The molecule has 0 saturated heterocycles. The fourth-order valence-corrected chi connectivity index (χ4v) is 1.95. The molecule has 92 valence electrons. The number of hydrogen-bond acceptors (Lipinski definition) is 3. The Morgan fingerprint density at radius 3 is 2.78 bits per heavy atom. The second kappa shape index (κ2) is 3.96. The molecule has 2 heterocycles. The van der Waals surface area contributed by atoms with Crippen molar-refractivity contribution in [2.24, 2.45) is 0 Å². The van der Waals surface area contributed by atoms with E-state index in [1.807, 2.05) is 31.2 Å². The molecule has 2 aromatic heterocycles. The number of H-pyrrole nitrogens is 2. The van der Waals surface area contributed by atoms with Crippen LogP contribution >= 0.6 is 0 Å². The first-order chi connectivity index (χ1) is 8.63. The highest BCUT2D eigenvalue weighted by atomic mass is 16.3. The molecule has 3 N–H and O–H groups in total. The van der Waals surface area contributed by atoms with Gasteiger partial charge in [0.15, 0.2) is 0 Å². The van der Waals surface area contributed by atoms with Gasteiger partial charge in [-0.15, -0.1) is 0 Å². The first kappa shape index (κ1) is 11.0. The van der Waals surface area contributed by atoms with Gasteiger partial charge in [0.05, 0.1) is 16.7 Å². The van der Waals surface area contributed by atoms with Crippen molar-refractivity contribution in [3.8, 4) is 11.3 Å². The fourth-order valence-electron chi connectivity index (χ4n) is 1.95. The number of aromatic amines is 2. The predicted octanol–water partition coefficient (Wildman–Crippen LogP) is 2.31. The summed E-state index contributed by atoms with van der Waals surface area (Å²) >= 11 is 0. The largest absolute Gasteiger partial charge is 0.385 e. The van der Waals surface area contributed by atoms with Gasteiger partial charge in [-0.25, -0.2) is 4.98 Å². The Kier molecular flexibility index (Phi) is 2.41. The summed E-state index contributed by atoms with van der Waals surface area (Å²) in [6, 6.07) is 7.89. The summed E-state index contributed by atoms with van der Waals surface area (Å²) in [6.45, 7) is 3.66. The second-order valence-corrected chi connectivity index (χ2v) is 4.47. The Labute approximate surface area is 104 Å². The van der Waals surface area contributed by atoms with Crippen LogP contribution in [-0.2, 0) is 0 Å². The van der Waals surface area contributed by atoms with E-state index in [-0.39, 0.29) is 0 Å². The number of imidazole rings is 1. The Morgan fingerprint density at radius 1 is 1.28 bits per heavy atom. The minimum absolute atomic E-state index is 0.584. The number of rotatable bonds is 2. The van der Waals surface area contributed by atoms with E-state index in [0.717, 1.165) is 28.0 Å². The lowest BCUT2D eigenvalue weighted by Crippen LogP contribution is -1.92. The van der Waals surface area contributed by atoms with Gasteiger partial charge in [0.25, 0.3) is 0 Å². The molecule has 5 heteroatoms. The normalized spacial score (nSPS) is 13.1. The number of nitrogens with zero attached hydrogens (tertiary/aromatic N) is 2. The van der Waals surface area contributed by atoms with Crippen LogP contribution in [0.15, 0.2) is 24.3 Å². The van der Waals surface area contributed by atoms with Crippen LogP contribution < -0.4 is 0 Å². The van der Waals surface area contributed by atoms with E-state index >= 15 is 0 Å². The highest BCUT2D eigenvalue weighted by Gasteiger charge is 2.09. The zero-order chi connectivity index (χ0) is 12.7. The fraction of sp³-hybridized carbons (Fsp3) is 0.231. The van der Waals surface area contributed by atoms with Gasteiger partial charge >= 0.3 is 0 Å². The second-order valence-electron chi connectivity index (χ2n) is 4.47. The topological polar surface area (TPSA) is 77.6 Å². The molecule has 0 spiro atoms. The number of nitrogens with one attached hydrogen (secondary N) is 2. The standard InChI is InChI=1S/C13H14N4O/c1-7-5-11(17-16-7)9-3-4-10-12(6-9)15-13(14-10)8(2)18/h3-6,8,18H,1-2H3,(H,14,15)(H,16,17)/t8-/m1/s1. The first-order valence-electron chi connectivity index (χ1n) is 5.83. The summed E-state index contributed by atoms with van der Waals surface area (Å²) in [5.74, 6) is 0.584. The van der Waals surface area contributed by atoms with Crippen molar-refractivity contribution in [3.05, 3.63) is 35.8 Å². The van der Waals surface area contributed by atoms with Crippen molar-refractivity contribution in [2.45, 2.75) is 20.0 Å². The average Bonchev–Trinajstić information content (AvgIpc) is 2.93. The van der Waals surface area contributed by atoms with Crippen LogP contribution in [0.1, 0.15) is 24.5 Å². The third-order valence-electron chi connectivity index (χ3n) is 2.90. The number of aromatic nitrogens is 4. The quantitative estimate of drug-likeness (QED) is 0.645. The molecule has 5 nitrogen and oxygen atoms in total. The molecule has 0 radical (unpaired) electrons. The number of benzene rings is 1. The summed E-state index contributed by atoms with van der Waals surface area (Å²) in [4.78, 5) is 7.43. The zero-order valence-electron chi connectivity index (χ0n) is 10.2. The molecule has 0 amide bonds. The molecular formula is C13H14N4O. The number of aliphatic hydroxyl groups is 1. The Bertz CT molecular complexity index is 696. The van der Waals surface area contributed by atoms with E-state index in [4.69, 9.17) is 0 Å². The lowest BCUT2D eigenvalue weighted by atomic mass is 10.1. The van der Waals surface area contributed by atoms with E-state index in [1.165, 1.54) is 0 Å². The van der Waals surface area contributed by atoms with Crippen LogP contribution in [0.2, 0.25) is 0 Å². The van der Waals surface area contributed by atoms with Crippen molar-refractivity contribution < 1.29 is 5.11 Å². The minimum atomic E-state index is -0.589. The van der Waals surface area contributed by atoms with Crippen molar-refractivity contribution in [2.75, 3.05) is 0 Å². The van der Waals surface area contributed by atoms with E-state index in [9.17, 15) is 5.11 Å². The van der Waals surface area contributed by atoms with Crippen LogP contribution in [0.4, 0.5) is 0 Å². The molecule has 0 aliphatic carbocycles. The molecule has 0 aliphatic heterocycles. The lowest BCUT2D eigenvalue weighted by molar-refractivity contribution is 0.190. The molecule has 0 fully saturated rings. The van der Waals surface area contributed by atoms with Crippen molar-refractivity contribution in [1.29, 1.82) is 0 Å². The van der Waals surface area contributed by atoms with E-state index < -0.39 is 6.10 Å². The Hall–Kier alpha value is -2.14. The van der Waals surface area contributed by atoms with Crippen molar-refractivity contribution in [3.63, 3.8) is 0 Å². The average molecular weight is 242 g/mol. The SMILES string of the molecule is Cc1cc(-c2ccc3nc([C@@H](C)O)[nH]c3c2)n[nH]1. The van der Waals surface area contributed by atoms with Gasteiger partial charge in [0.2, 0.25) is 0 Å². The Morgan fingerprint density at radius 2 is 2.11 bits per heavy atom. The highest BCUT2D eigenvalue weighted by molar-refractivity contribution is 5.81. The molecule has 0 aliphatic rings. The van der Waals surface area contributed by atoms with Gasteiger partial charge in [0, 0.05) is 11.3 Å². The predicted molar refractivity (Wildman–Crippen MR) is 69.0 cm³/mol. The minimum Gasteiger partial charge on any atom is -0.385 e. The van der Waals surface area contributed by atoms with Gasteiger partial charge in [-0.3, -0.25) is 5.10 Å². The van der Waals surface area contributed by atoms with Crippen LogP contribution in [0, 0.1) is 6.92 Å². The summed E-state index contributed by atoms with van der Waals surface area (Å²) < 4.78 is 0. The lowest BCUT2D eigenvalue weighted by Gasteiger charge is -1.96. The van der Waals surface area contributed by atoms with Crippen LogP contribution in [-0.4, -0.2) is 25.3 Å². The van der Waals surface area contributed by atoms with E-state index in [2.05, 4.69) is 20.2 Å². The molecule has 18 heavy (non-hydrogen) atoms. The molecule has 3 rings (SSSR count). The van der Waals surface area contributed by atoms with Gasteiger partial charge < -0.3 is 10.1 Å². The maximum absolute atomic E-state index is 9.50. The molecule has 1 aromatic carbocycles. The summed E-state index contributed by atoms with van der Waals surface area (Å²) in [5.41, 5.74) is 4.71. The number of fused-ring (bicyclic) bond motifs is 1. The summed E-state index contributed by atoms with van der Waals surface area (Å²) in [5, 5.41) is 16.7. The molecule has 0 saturated carbocycles. The van der Waals surface area contributed by atoms with Crippen molar-refractivity contribution in [1.82, 2.24) is 20.2 Å². The van der Waals surface area contributed by atoms with Gasteiger partial charge in [0.1, 0.15) is 11.9 Å². The van der Waals surface area contributed by atoms with E-state index in [0.29, 0.717) is 5.82 Å². The van der Waals surface area contributed by atoms with Crippen LogP contribution in [0.3, 0.4) is 0 Å². The van der Waals surface area contributed by atoms with Crippen LogP contribution in [0.5, 0.6) is 0 Å². The molecule has 3 aromatic rings. The van der Waals surface area contributed by atoms with Crippen molar-refractivity contribution >= 4 is 11.0 Å². The number of hydrogen-bond donors (Lipinski definition) is 3. The molecular weight excluding hydrogens is 228 g/mol. The van der Waals surface area contributed by atoms with Gasteiger partial charge in [-0.05, 0) is 32.0 Å². The smallest absolute Gasteiger partial charge is 0.135 e. The third-order valence-corrected chi connectivity index (χ3v) is 2.90.